The Hall–Kier alpha value is -0.860. The molecule has 0 aliphatic rings. The molecule has 7 nitrogen and oxygen atoms in total. The Morgan fingerprint density at radius 3 is 1.87 bits per heavy atom. The molecule has 15 heavy (non-hydrogen) atoms. The molecule has 0 unspecified atom stereocenters. The first-order valence-corrected chi connectivity index (χ1v) is 4.20. The number of hydrogen-bond acceptors (Lipinski definition) is 7. The average molecular weight is 222 g/mol. The van der Waals surface area contributed by atoms with Crippen LogP contribution >= 0.6 is 0 Å². The summed E-state index contributed by atoms with van der Waals surface area (Å²) in [6.45, 7) is 0.0480. The molecule has 0 heterocycles. The highest BCUT2D eigenvalue weighted by molar-refractivity contribution is 6.38. The molecule has 0 aromatic heterocycles. The summed E-state index contributed by atoms with van der Waals surface area (Å²) in [6, 6.07) is 0. The maximum atomic E-state index is 10.9. The standard InChI is InChI=1S/C8H14O7/c1-3(10)5(12)7(14)8(15)6(13)4(11)2-9/h4,6-9,11,13-15H,2H2,1H3/t4-,6-,7-,8+/m1/s1. The second kappa shape index (κ2) is 5.89. The van der Waals surface area contributed by atoms with Crippen LogP contribution in [0.5, 0.6) is 0 Å². The predicted octanol–water partition coefficient (Wildman–Crippen LogP) is -3.42. The Kier molecular flexibility index (Phi) is 5.55. The van der Waals surface area contributed by atoms with Gasteiger partial charge >= 0.3 is 0 Å². The van der Waals surface area contributed by atoms with E-state index in [-0.39, 0.29) is 0 Å². The number of ketones is 2. The fraction of sp³-hybridized carbons (Fsp3) is 0.750. The molecule has 5 N–H and O–H groups in total. The number of carbonyl (C=O) groups is 2. The summed E-state index contributed by atoms with van der Waals surface area (Å²) < 4.78 is 0. The fourth-order valence-corrected chi connectivity index (χ4v) is 0.886. The molecule has 0 saturated carbocycles. The lowest BCUT2D eigenvalue weighted by Gasteiger charge is -2.24. The van der Waals surface area contributed by atoms with Gasteiger partial charge in [0.1, 0.15) is 24.4 Å². The maximum Gasteiger partial charge on any atom is 0.229 e. The summed E-state index contributed by atoms with van der Waals surface area (Å²) in [4.78, 5) is 21.4. The second-order valence-electron chi connectivity index (χ2n) is 3.10. The zero-order valence-electron chi connectivity index (χ0n) is 8.07. The zero-order valence-corrected chi connectivity index (χ0v) is 8.07. The van der Waals surface area contributed by atoms with Crippen molar-refractivity contribution in [2.24, 2.45) is 0 Å². The van der Waals surface area contributed by atoms with Gasteiger partial charge in [-0.25, -0.2) is 0 Å². The van der Waals surface area contributed by atoms with Crippen LogP contribution in [-0.2, 0) is 9.59 Å². The van der Waals surface area contributed by atoms with Crippen molar-refractivity contribution in [1.29, 1.82) is 0 Å². The minimum Gasteiger partial charge on any atom is -0.394 e. The van der Waals surface area contributed by atoms with E-state index in [2.05, 4.69) is 0 Å². The van der Waals surface area contributed by atoms with E-state index in [1.807, 2.05) is 0 Å². The Labute approximate surface area is 85.6 Å². The molecule has 88 valence electrons. The highest BCUT2D eigenvalue weighted by Crippen LogP contribution is 2.06. The summed E-state index contributed by atoms with van der Waals surface area (Å²) in [5.41, 5.74) is 0. The minimum atomic E-state index is -2.11. The van der Waals surface area contributed by atoms with Crippen molar-refractivity contribution < 1.29 is 35.1 Å². The normalized spacial score (nSPS) is 19.1. The molecule has 0 aliphatic carbocycles. The Bertz CT molecular complexity index is 239. The molecule has 0 rings (SSSR count). The van der Waals surface area contributed by atoms with Crippen LogP contribution in [0.4, 0.5) is 0 Å². The second-order valence-corrected chi connectivity index (χ2v) is 3.10. The SMILES string of the molecule is CC(=O)C(=O)[C@@H](O)[C@@H](O)[C@H](O)[C@H](O)CO. The van der Waals surface area contributed by atoms with Gasteiger partial charge in [0.15, 0.2) is 5.78 Å². The van der Waals surface area contributed by atoms with Crippen LogP contribution in [0.1, 0.15) is 6.92 Å². The number of Topliss-reactive ketones (excluding diaryl/α,β-unsaturated/α-hetero) is 2. The van der Waals surface area contributed by atoms with E-state index >= 15 is 0 Å². The van der Waals surface area contributed by atoms with Crippen LogP contribution in [0, 0.1) is 0 Å². The summed E-state index contributed by atoms with van der Waals surface area (Å²) in [5, 5.41) is 44.7. The van der Waals surface area contributed by atoms with Gasteiger partial charge in [-0.15, -0.1) is 0 Å². The van der Waals surface area contributed by atoms with Gasteiger partial charge < -0.3 is 25.5 Å². The van der Waals surface area contributed by atoms with E-state index in [4.69, 9.17) is 25.5 Å². The van der Waals surface area contributed by atoms with Gasteiger partial charge in [0.05, 0.1) is 6.61 Å². The van der Waals surface area contributed by atoms with Crippen molar-refractivity contribution in [3.63, 3.8) is 0 Å². The molecule has 0 saturated heterocycles. The molecule has 0 aliphatic heterocycles. The molecule has 0 bridgehead atoms. The third-order valence-corrected chi connectivity index (χ3v) is 1.87. The molecule has 0 radical (unpaired) electrons. The lowest BCUT2D eigenvalue weighted by molar-refractivity contribution is -0.153. The van der Waals surface area contributed by atoms with Crippen LogP contribution < -0.4 is 0 Å². The van der Waals surface area contributed by atoms with Gasteiger partial charge in [-0.2, -0.15) is 0 Å². The van der Waals surface area contributed by atoms with Gasteiger partial charge in [0.2, 0.25) is 5.78 Å². The van der Waals surface area contributed by atoms with Crippen LogP contribution in [0.3, 0.4) is 0 Å². The lowest BCUT2D eigenvalue weighted by atomic mass is 9.99. The highest BCUT2D eigenvalue weighted by atomic mass is 16.4. The number of hydrogen-bond donors (Lipinski definition) is 5. The fourth-order valence-electron chi connectivity index (χ4n) is 0.886. The van der Waals surface area contributed by atoms with Gasteiger partial charge in [-0.05, 0) is 0 Å². The molecular formula is C8H14O7. The highest BCUT2D eigenvalue weighted by Gasteiger charge is 2.35. The van der Waals surface area contributed by atoms with Gasteiger partial charge in [-0.1, -0.05) is 0 Å². The summed E-state index contributed by atoms with van der Waals surface area (Å²) >= 11 is 0. The van der Waals surface area contributed by atoms with Crippen molar-refractivity contribution in [1.82, 2.24) is 0 Å². The summed E-state index contributed by atoms with van der Waals surface area (Å²) in [5.74, 6) is -2.25. The molecule has 0 fully saturated rings. The van der Waals surface area contributed by atoms with Crippen LogP contribution in [0.25, 0.3) is 0 Å². The van der Waals surface area contributed by atoms with Gasteiger partial charge in [0.25, 0.3) is 0 Å². The molecule has 4 atom stereocenters. The van der Waals surface area contributed by atoms with E-state index in [1.54, 1.807) is 0 Å². The first-order valence-electron chi connectivity index (χ1n) is 4.20. The smallest absolute Gasteiger partial charge is 0.229 e. The largest absolute Gasteiger partial charge is 0.394 e. The van der Waals surface area contributed by atoms with E-state index in [0.717, 1.165) is 6.92 Å². The Morgan fingerprint density at radius 1 is 1.07 bits per heavy atom. The van der Waals surface area contributed by atoms with E-state index in [1.165, 1.54) is 0 Å². The minimum absolute atomic E-state index is 0.848. The van der Waals surface area contributed by atoms with E-state index in [9.17, 15) is 9.59 Å². The quantitative estimate of drug-likeness (QED) is 0.295. The van der Waals surface area contributed by atoms with Crippen molar-refractivity contribution in [3.8, 4) is 0 Å². The third-order valence-electron chi connectivity index (χ3n) is 1.87. The average Bonchev–Trinajstić information content (AvgIpc) is 2.23. The zero-order chi connectivity index (χ0) is 12.2. The summed E-state index contributed by atoms with van der Waals surface area (Å²) in [7, 11) is 0. The van der Waals surface area contributed by atoms with Crippen molar-refractivity contribution in [2.45, 2.75) is 31.3 Å². The van der Waals surface area contributed by atoms with Gasteiger partial charge in [-0.3, -0.25) is 9.59 Å². The Balaban J connectivity index is 4.50. The van der Waals surface area contributed by atoms with Gasteiger partial charge in [0, 0.05) is 6.92 Å². The van der Waals surface area contributed by atoms with Crippen molar-refractivity contribution in [3.05, 3.63) is 0 Å². The molecular weight excluding hydrogens is 208 g/mol. The van der Waals surface area contributed by atoms with E-state index < -0.39 is 42.6 Å². The lowest BCUT2D eigenvalue weighted by Crippen LogP contribution is -2.49. The molecule has 0 amide bonds. The monoisotopic (exact) mass is 222 g/mol. The Morgan fingerprint density at radius 2 is 1.53 bits per heavy atom. The molecule has 0 spiro atoms. The predicted molar refractivity (Wildman–Crippen MR) is 46.8 cm³/mol. The van der Waals surface area contributed by atoms with Crippen LogP contribution in [0.2, 0.25) is 0 Å². The van der Waals surface area contributed by atoms with Crippen molar-refractivity contribution >= 4 is 11.6 Å². The third kappa shape index (κ3) is 3.65. The number of rotatable bonds is 6. The molecule has 7 heteroatoms. The first-order chi connectivity index (χ1) is 6.82. The topological polar surface area (TPSA) is 135 Å². The maximum absolute atomic E-state index is 10.9. The number of aliphatic hydroxyl groups is 5. The van der Waals surface area contributed by atoms with Crippen LogP contribution in [0.15, 0.2) is 0 Å². The summed E-state index contributed by atoms with van der Waals surface area (Å²) in [6.07, 6.45) is -7.75. The van der Waals surface area contributed by atoms with Crippen molar-refractivity contribution in [2.75, 3.05) is 6.61 Å². The molecule has 0 aromatic carbocycles. The first kappa shape index (κ1) is 14.1. The van der Waals surface area contributed by atoms with Crippen LogP contribution in [-0.4, -0.2) is 68.1 Å². The number of carbonyl (C=O) groups excluding carboxylic acids is 2. The van der Waals surface area contributed by atoms with E-state index in [0.29, 0.717) is 0 Å². The molecule has 0 aromatic rings. The number of aliphatic hydroxyl groups excluding tert-OH is 5.